The molecule has 1 heterocycles. The summed E-state index contributed by atoms with van der Waals surface area (Å²) in [5.74, 6) is -0.517. The van der Waals surface area contributed by atoms with E-state index in [9.17, 15) is 17.6 Å². The maximum Gasteiger partial charge on any atom is 0.262 e. The molecule has 0 saturated heterocycles. The molecule has 27 heavy (non-hydrogen) atoms. The Morgan fingerprint density at radius 2 is 1.93 bits per heavy atom. The zero-order valence-corrected chi connectivity index (χ0v) is 16.4. The summed E-state index contributed by atoms with van der Waals surface area (Å²) >= 11 is 0. The quantitative estimate of drug-likeness (QED) is 0.862. The number of aryl methyl sites for hydroxylation is 2. The number of hydrogen-bond acceptors (Lipinski definition) is 3. The van der Waals surface area contributed by atoms with Crippen LogP contribution >= 0.6 is 0 Å². The molecule has 0 spiro atoms. The lowest BCUT2D eigenvalue weighted by Gasteiger charge is -2.31. The molecule has 0 radical (unpaired) electrons. The van der Waals surface area contributed by atoms with Crippen LogP contribution in [-0.4, -0.2) is 20.9 Å². The predicted octanol–water partition coefficient (Wildman–Crippen LogP) is 3.87. The number of sulfonamides is 1. The first-order chi connectivity index (χ1) is 12.7. The molecule has 0 bridgehead atoms. The molecule has 0 saturated carbocycles. The van der Waals surface area contributed by atoms with Gasteiger partial charge in [-0.25, -0.2) is 12.8 Å². The first-order valence-electron chi connectivity index (χ1n) is 8.92. The van der Waals surface area contributed by atoms with Crippen LogP contribution in [0.4, 0.5) is 15.8 Å². The minimum absolute atomic E-state index is 0.0400. The summed E-state index contributed by atoms with van der Waals surface area (Å²) in [7, 11) is -3.83. The Morgan fingerprint density at radius 1 is 1.19 bits per heavy atom. The van der Waals surface area contributed by atoms with Crippen molar-refractivity contribution in [1.82, 2.24) is 0 Å². The molecule has 0 aromatic heterocycles. The molecule has 144 valence electrons. The van der Waals surface area contributed by atoms with Gasteiger partial charge in [0.25, 0.3) is 10.0 Å². The van der Waals surface area contributed by atoms with E-state index in [-0.39, 0.29) is 16.7 Å². The van der Waals surface area contributed by atoms with Crippen molar-refractivity contribution < 1.29 is 17.6 Å². The van der Waals surface area contributed by atoms with Gasteiger partial charge in [-0.05, 0) is 67.3 Å². The Hall–Kier alpha value is -2.41. The number of rotatable bonds is 4. The van der Waals surface area contributed by atoms with Gasteiger partial charge < -0.3 is 4.90 Å². The Labute approximate surface area is 159 Å². The van der Waals surface area contributed by atoms with Gasteiger partial charge in [-0.1, -0.05) is 13.8 Å². The van der Waals surface area contributed by atoms with Crippen molar-refractivity contribution in [3.8, 4) is 0 Å². The first-order valence-corrected chi connectivity index (χ1v) is 10.4. The molecule has 1 aliphatic rings. The zero-order chi connectivity index (χ0) is 19.8. The highest BCUT2D eigenvalue weighted by Crippen LogP contribution is 2.31. The van der Waals surface area contributed by atoms with Gasteiger partial charge in [0.15, 0.2) is 0 Å². The maximum atomic E-state index is 13.3. The second kappa shape index (κ2) is 7.31. The lowest BCUT2D eigenvalue weighted by molar-refractivity contribution is -0.121. The molecular weight excluding hydrogens is 367 g/mol. The number of anilines is 2. The normalized spacial score (nSPS) is 14.2. The lowest BCUT2D eigenvalue weighted by Crippen LogP contribution is -2.38. The molecule has 7 heteroatoms. The molecule has 2 aromatic carbocycles. The van der Waals surface area contributed by atoms with Crippen LogP contribution in [0.2, 0.25) is 0 Å². The maximum absolute atomic E-state index is 13.3. The predicted molar refractivity (Wildman–Crippen MR) is 104 cm³/mol. The van der Waals surface area contributed by atoms with Crippen molar-refractivity contribution in [3.05, 3.63) is 53.3 Å². The van der Waals surface area contributed by atoms with Crippen LogP contribution in [0, 0.1) is 18.7 Å². The van der Waals surface area contributed by atoms with Gasteiger partial charge in [0.05, 0.1) is 4.90 Å². The Morgan fingerprint density at radius 3 is 2.59 bits per heavy atom. The minimum Gasteiger partial charge on any atom is -0.312 e. The van der Waals surface area contributed by atoms with E-state index in [4.69, 9.17) is 0 Å². The van der Waals surface area contributed by atoms with E-state index in [1.54, 1.807) is 30.0 Å². The highest BCUT2D eigenvalue weighted by atomic mass is 32.2. The summed E-state index contributed by atoms with van der Waals surface area (Å²) < 4.78 is 41.2. The molecule has 0 unspecified atom stereocenters. The van der Waals surface area contributed by atoms with Gasteiger partial charge in [0.1, 0.15) is 5.82 Å². The van der Waals surface area contributed by atoms with Crippen molar-refractivity contribution in [2.75, 3.05) is 16.2 Å². The number of benzene rings is 2. The number of amides is 1. The molecule has 0 aliphatic carbocycles. The first kappa shape index (κ1) is 19.4. The van der Waals surface area contributed by atoms with Crippen molar-refractivity contribution in [1.29, 1.82) is 0 Å². The fraction of sp³-hybridized carbons (Fsp3) is 0.350. The number of halogens is 1. The second-order valence-corrected chi connectivity index (χ2v) is 8.76. The second-order valence-electron chi connectivity index (χ2n) is 7.11. The summed E-state index contributed by atoms with van der Waals surface area (Å²) in [6.45, 7) is 5.96. The van der Waals surface area contributed by atoms with Crippen molar-refractivity contribution >= 4 is 27.3 Å². The highest BCUT2D eigenvalue weighted by Gasteiger charge is 2.25. The summed E-state index contributed by atoms with van der Waals surface area (Å²) in [6.07, 6.45) is 1.61. The third-order valence-electron chi connectivity index (χ3n) is 4.64. The van der Waals surface area contributed by atoms with Gasteiger partial charge in [0, 0.05) is 23.8 Å². The average Bonchev–Trinajstić information content (AvgIpc) is 2.59. The van der Waals surface area contributed by atoms with E-state index in [1.165, 1.54) is 12.1 Å². The SMILES string of the molecule is Cc1cc(F)ccc1S(=O)(=O)Nc1ccc2c(c1)CCCN2C(=O)C(C)C. The summed E-state index contributed by atoms with van der Waals surface area (Å²) in [5, 5.41) is 0. The van der Waals surface area contributed by atoms with E-state index in [1.807, 2.05) is 13.8 Å². The molecule has 1 amide bonds. The molecular formula is C20H23FN2O3S. The van der Waals surface area contributed by atoms with Crippen LogP contribution in [-0.2, 0) is 21.2 Å². The van der Waals surface area contributed by atoms with Crippen LogP contribution in [0.5, 0.6) is 0 Å². The van der Waals surface area contributed by atoms with E-state index in [0.29, 0.717) is 17.8 Å². The number of carbonyl (C=O) groups excluding carboxylic acids is 1. The molecule has 0 atom stereocenters. The molecule has 1 N–H and O–H groups in total. The van der Waals surface area contributed by atoms with Crippen LogP contribution in [0.25, 0.3) is 0 Å². The number of nitrogens with one attached hydrogen (secondary N) is 1. The van der Waals surface area contributed by atoms with E-state index in [2.05, 4.69) is 4.72 Å². The number of fused-ring (bicyclic) bond motifs is 1. The van der Waals surface area contributed by atoms with E-state index in [0.717, 1.165) is 30.2 Å². The van der Waals surface area contributed by atoms with Crippen LogP contribution in [0.1, 0.15) is 31.4 Å². The fourth-order valence-electron chi connectivity index (χ4n) is 3.33. The summed E-state index contributed by atoms with van der Waals surface area (Å²) in [4.78, 5) is 14.2. The highest BCUT2D eigenvalue weighted by molar-refractivity contribution is 7.92. The number of hydrogen-bond donors (Lipinski definition) is 1. The summed E-state index contributed by atoms with van der Waals surface area (Å²) in [5.41, 5.74) is 2.54. The van der Waals surface area contributed by atoms with Gasteiger partial charge >= 0.3 is 0 Å². The van der Waals surface area contributed by atoms with Crippen molar-refractivity contribution in [3.63, 3.8) is 0 Å². The summed E-state index contributed by atoms with van der Waals surface area (Å²) in [6, 6.07) is 8.78. The third kappa shape index (κ3) is 3.98. The van der Waals surface area contributed by atoms with Gasteiger partial charge in [-0.2, -0.15) is 0 Å². The zero-order valence-electron chi connectivity index (χ0n) is 15.6. The van der Waals surface area contributed by atoms with E-state index >= 15 is 0 Å². The molecule has 2 aromatic rings. The Kier molecular flexibility index (Phi) is 5.24. The lowest BCUT2D eigenvalue weighted by atomic mass is 9.99. The smallest absolute Gasteiger partial charge is 0.262 e. The van der Waals surface area contributed by atoms with E-state index < -0.39 is 15.8 Å². The fourth-order valence-corrected chi connectivity index (χ4v) is 4.60. The van der Waals surface area contributed by atoms with Gasteiger partial charge in [0.2, 0.25) is 5.91 Å². The topological polar surface area (TPSA) is 66.5 Å². The van der Waals surface area contributed by atoms with Crippen LogP contribution in [0.3, 0.4) is 0 Å². The largest absolute Gasteiger partial charge is 0.312 e. The minimum atomic E-state index is -3.83. The molecule has 5 nitrogen and oxygen atoms in total. The Bertz CT molecular complexity index is 987. The molecule has 3 rings (SSSR count). The van der Waals surface area contributed by atoms with Gasteiger partial charge in [-0.3, -0.25) is 9.52 Å². The Balaban J connectivity index is 1.90. The number of carbonyl (C=O) groups is 1. The van der Waals surface area contributed by atoms with Crippen LogP contribution in [0.15, 0.2) is 41.3 Å². The van der Waals surface area contributed by atoms with Gasteiger partial charge in [-0.15, -0.1) is 0 Å². The monoisotopic (exact) mass is 390 g/mol. The molecule has 0 fully saturated rings. The van der Waals surface area contributed by atoms with Crippen molar-refractivity contribution in [2.24, 2.45) is 5.92 Å². The van der Waals surface area contributed by atoms with Crippen molar-refractivity contribution in [2.45, 2.75) is 38.5 Å². The van der Waals surface area contributed by atoms with Crippen LogP contribution < -0.4 is 9.62 Å². The molecule has 1 aliphatic heterocycles. The average molecular weight is 390 g/mol. The standard InChI is InChI=1S/C20H23FN2O3S/c1-13(2)20(24)23-10-4-5-15-12-17(7-8-18(15)23)22-27(25,26)19-9-6-16(21)11-14(19)3/h6-9,11-13,22H,4-5,10H2,1-3H3. The third-order valence-corrected chi connectivity index (χ3v) is 6.18. The number of nitrogens with zero attached hydrogens (tertiary/aromatic N) is 1.